The molecule has 0 bridgehead atoms. The Morgan fingerprint density at radius 1 is 1.23 bits per heavy atom. The first kappa shape index (κ1) is 14.5. The number of nitrogens with one attached hydrogen (secondary N) is 2. The SMILES string of the molecule is Cc1cc(Br)cc2c1NC(=O)/C2=N\NC(=O)c1ccccc1. The normalized spacial score (nSPS) is 14.6. The average Bonchev–Trinajstić information content (AvgIpc) is 2.82. The molecule has 0 aromatic heterocycles. The Kier molecular flexibility index (Phi) is 3.77. The Bertz CT molecular complexity index is 801. The van der Waals surface area contributed by atoms with Crippen molar-refractivity contribution in [1.82, 2.24) is 5.43 Å². The van der Waals surface area contributed by atoms with E-state index in [0.29, 0.717) is 11.1 Å². The van der Waals surface area contributed by atoms with E-state index in [9.17, 15) is 9.59 Å². The number of anilines is 1. The average molecular weight is 358 g/mol. The number of hydrazone groups is 1. The van der Waals surface area contributed by atoms with Crippen LogP contribution < -0.4 is 10.7 Å². The summed E-state index contributed by atoms with van der Waals surface area (Å²) in [5.41, 5.74) is 5.43. The van der Waals surface area contributed by atoms with Gasteiger partial charge in [0.05, 0.1) is 5.69 Å². The first-order valence-corrected chi connectivity index (χ1v) is 7.40. The van der Waals surface area contributed by atoms with Crippen LogP contribution in [0.1, 0.15) is 21.5 Å². The summed E-state index contributed by atoms with van der Waals surface area (Å²) in [6, 6.07) is 12.4. The van der Waals surface area contributed by atoms with Crippen LogP contribution in [0.4, 0.5) is 5.69 Å². The van der Waals surface area contributed by atoms with Crippen molar-refractivity contribution in [2.45, 2.75) is 6.92 Å². The summed E-state index contributed by atoms with van der Waals surface area (Å²) in [5, 5.41) is 6.75. The zero-order valence-corrected chi connectivity index (χ0v) is 13.3. The second-order valence-electron chi connectivity index (χ2n) is 4.87. The van der Waals surface area contributed by atoms with Crippen LogP contribution in [0.15, 0.2) is 52.0 Å². The lowest BCUT2D eigenvalue weighted by Gasteiger charge is -2.04. The minimum atomic E-state index is -0.360. The summed E-state index contributed by atoms with van der Waals surface area (Å²) in [4.78, 5) is 24.0. The zero-order chi connectivity index (χ0) is 15.7. The lowest BCUT2D eigenvalue weighted by molar-refractivity contribution is -0.110. The number of aryl methyl sites for hydroxylation is 1. The second kappa shape index (κ2) is 5.73. The van der Waals surface area contributed by atoms with Gasteiger partial charge in [-0.15, -0.1) is 0 Å². The number of carbonyl (C=O) groups is 2. The first-order chi connectivity index (χ1) is 10.6. The van der Waals surface area contributed by atoms with E-state index in [2.05, 4.69) is 31.8 Å². The molecule has 0 fully saturated rings. The Balaban J connectivity index is 1.90. The van der Waals surface area contributed by atoms with Gasteiger partial charge in [0.25, 0.3) is 11.8 Å². The van der Waals surface area contributed by atoms with E-state index in [-0.39, 0.29) is 17.5 Å². The lowest BCUT2D eigenvalue weighted by atomic mass is 10.1. The molecule has 0 spiro atoms. The number of amides is 2. The van der Waals surface area contributed by atoms with Gasteiger partial charge < -0.3 is 5.32 Å². The number of halogens is 1. The zero-order valence-electron chi connectivity index (χ0n) is 11.7. The standard InChI is InChI=1S/C16H12BrN3O2/c1-9-7-11(17)8-12-13(9)18-16(22)14(12)19-20-15(21)10-5-3-2-4-6-10/h2-8H,1H3,(H,20,21)(H,18,19,22). The molecule has 0 aliphatic carbocycles. The third-order valence-corrected chi connectivity index (χ3v) is 3.77. The molecule has 2 amide bonds. The number of carbonyl (C=O) groups excluding carboxylic acids is 2. The van der Waals surface area contributed by atoms with Gasteiger partial charge in [-0.2, -0.15) is 5.10 Å². The Hall–Kier alpha value is -2.47. The number of hydrogen-bond donors (Lipinski definition) is 2. The molecular weight excluding hydrogens is 346 g/mol. The molecule has 110 valence electrons. The molecule has 22 heavy (non-hydrogen) atoms. The fraction of sp³-hybridized carbons (Fsp3) is 0.0625. The molecule has 1 heterocycles. The van der Waals surface area contributed by atoms with Gasteiger partial charge in [-0.1, -0.05) is 34.1 Å². The molecule has 0 unspecified atom stereocenters. The van der Waals surface area contributed by atoms with Crippen molar-refractivity contribution in [2.75, 3.05) is 5.32 Å². The van der Waals surface area contributed by atoms with Crippen molar-refractivity contribution in [3.8, 4) is 0 Å². The molecule has 0 saturated carbocycles. The molecule has 2 aromatic rings. The van der Waals surface area contributed by atoms with E-state index in [1.807, 2.05) is 19.1 Å². The summed E-state index contributed by atoms with van der Waals surface area (Å²) >= 11 is 3.40. The van der Waals surface area contributed by atoms with Crippen molar-refractivity contribution in [1.29, 1.82) is 0 Å². The van der Waals surface area contributed by atoms with Crippen molar-refractivity contribution in [3.63, 3.8) is 0 Å². The van der Waals surface area contributed by atoms with E-state index >= 15 is 0 Å². The van der Waals surface area contributed by atoms with Crippen LogP contribution in [-0.4, -0.2) is 17.5 Å². The summed E-state index contributed by atoms with van der Waals surface area (Å²) < 4.78 is 0.849. The highest BCUT2D eigenvalue weighted by Crippen LogP contribution is 2.30. The van der Waals surface area contributed by atoms with Gasteiger partial charge >= 0.3 is 0 Å². The maximum absolute atomic E-state index is 12.0. The van der Waals surface area contributed by atoms with E-state index in [4.69, 9.17) is 0 Å². The molecule has 2 aromatic carbocycles. The predicted molar refractivity (Wildman–Crippen MR) is 88.0 cm³/mol. The Labute approximate surface area is 135 Å². The molecule has 0 radical (unpaired) electrons. The van der Waals surface area contributed by atoms with Gasteiger partial charge in [-0.25, -0.2) is 5.43 Å². The number of benzene rings is 2. The van der Waals surface area contributed by atoms with Crippen LogP contribution in [0.5, 0.6) is 0 Å². The minimum absolute atomic E-state index is 0.198. The summed E-state index contributed by atoms with van der Waals surface area (Å²) in [7, 11) is 0. The maximum Gasteiger partial charge on any atom is 0.276 e. The highest BCUT2D eigenvalue weighted by atomic mass is 79.9. The predicted octanol–water partition coefficient (Wildman–Crippen LogP) is 2.84. The molecule has 0 atom stereocenters. The van der Waals surface area contributed by atoms with Crippen molar-refractivity contribution < 1.29 is 9.59 Å². The monoisotopic (exact) mass is 357 g/mol. The number of fused-ring (bicyclic) bond motifs is 1. The maximum atomic E-state index is 12.0. The van der Waals surface area contributed by atoms with Crippen molar-refractivity contribution in [2.24, 2.45) is 5.10 Å². The molecule has 6 heteroatoms. The molecule has 1 aliphatic heterocycles. The van der Waals surface area contributed by atoms with Crippen molar-refractivity contribution in [3.05, 3.63) is 63.6 Å². The number of hydrogen-bond acceptors (Lipinski definition) is 3. The van der Waals surface area contributed by atoms with Crippen LogP contribution in [0.3, 0.4) is 0 Å². The van der Waals surface area contributed by atoms with Gasteiger partial charge in [-0.3, -0.25) is 9.59 Å². The van der Waals surface area contributed by atoms with Crippen LogP contribution in [0.2, 0.25) is 0 Å². The summed E-state index contributed by atoms with van der Waals surface area (Å²) in [6.07, 6.45) is 0. The lowest BCUT2D eigenvalue weighted by Crippen LogP contribution is -2.23. The fourth-order valence-corrected chi connectivity index (χ4v) is 2.83. The van der Waals surface area contributed by atoms with Crippen LogP contribution in [-0.2, 0) is 4.79 Å². The second-order valence-corrected chi connectivity index (χ2v) is 5.78. The largest absolute Gasteiger partial charge is 0.320 e. The van der Waals surface area contributed by atoms with Gasteiger partial charge in [0.1, 0.15) is 0 Å². The third kappa shape index (κ3) is 2.65. The highest BCUT2D eigenvalue weighted by molar-refractivity contribution is 9.10. The summed E-state index contributed by atoms with van der Waals surface area (Å²) in [6.45, 7) is 1.90. The number of rotatable bonds is 2. The minimum Gasteiger partial charge on any atom is -0.320 e. The van der Waals surface area contributed by atoms with E-state index < -0.39 is 0 Å². The van der Waals surface area contributed by atoms with E-state index in [0.717, 1.165) is 15.7 Å². The topological polar surface area (TPSA) is 70.6 Å². The van der Waals surface area contributed by atoms with Crippen LogP contribution in [0.25, 0.3) is 0 Å². The molecule has 3 rings (SSSR count). The third-order valence-electron chi connectivity index (χ3n) is 3.31. The molecular formula is C16H12BrN3O2. The Morgan fingerprint density at radius 3 is 2.68 bits per heavy atom. The number of nitrogens with zero attached hydrogens (tertiary/aromatic N) is 1. The van der Waals surface area contributed by atoms with Crippen molar-refractivity contribution >= 4 is 39.1 Å². The van der Waals surface area contributed by atoms with Crippen LogP contribution >= 0.6 is 15.9 Å². The highest BCUT2D eigenvalue weighted by Gasteiger charge is 2.28. The summed E-state index contributed by atoms with van der Waals surface area (Å²) in [5.74, 6) is -0.689. The van der Waals surface area contributed by atoms with Gasteiger partial charge in [0.2, 0.25) is 0 Å². The van der Waals surface area contributed by atoms with E-state index in [1.165, 1.54) is 0 Å². The molecule has 5 nitrogen and oxygen atoms in total. The van der Waals surface area contributed by atoms with Gasteiger partial charge in [0, 0.05) is 15.6 Å². The molecule has 1 aliphatic rings. The fourth-order valence-electron chi connectivity index (χ4n) is 2.26. The molecule has 0 saturated heterocycles. The Morgan fingerprint density at radius 2 is 1.95 bits per heavy atom. The van der Waals surface area contributed by atoms with E-state index in [1.54, 1.807) is 30.3 Å². The van der Waals surface area contributed by atoms with Gasteiger partial charge in [-0.05, 0) is 36.8 Å². The van der Waals surface area contributed by atoms with Crippen LogP contribution in [0, 0.1) is 6.92 Å². The first-order valence-electron chi connectivity index (χ1n) is 6.61. The van der Waals surface area contributed by atoms with Gasteiger partial charge in [0.15, 0.2) is 5.71 Å². The quantitative estimate of drug-likeness (QED) is 0.811. The smallest absolute Gasteiger partial charge is 0.276 e. The molecule has 2 N–H and O–H groups in total.